The third-order valence-corrected chi connectivity index (χ3v) is 5.46. The van der Waals surface area contributed by atoms with Crippen molar-refractivity contribution < 1.29 is 0 Å². The molecule has 0 spiro atoms. The van der Waals surface area contributed by atoms with Crippen LogP contribution in [0, 0.1) is 6.92 Å². The van der Waals surface area contributed by atoms with E-state index in [1.165, 1.54) is 0 Å². The number of anilines is 2. The molecule has 10 heteroatoms. The van der Waals surface area contributed by atoms with E-state index in [0.717, 1.165) is 56.0 Å². The van der Waals surface area contributed by atoms with E-state index in [-0.39, 0.29) is 36.4 Å². The molecule has 5 N–H and O–H groups in total. The quantitative estimate of drug-likeness (QED) is 0.681. The lowest BCUT2D eigenvalue weighted by molar-refractivity contribution is 0.345. The Hall–Kier alpha value is -1.90. The molecule has 0 unspecified atom stereocenters. The second-order valence-corrected chi connectivity index (χ2v) is 7.45. The molecule has 2 aromatic rings. The summed E-state index contributed by atoms with van der Waals surface area (Å²) in [6, 6.07) is 3.96. The fraction of sp³-hybridized carbons (Fsp3) is 0.556. The van der Waals surface area contributed by atoms with Crippen molar-refractivity contribution >= 4 is 36.6 Å². The van der Waals surface area contributed by atoms with Gasteiger partial charge in [0, 0.05) is 43.1 Å². The molecule has 1 aliphatic heterocycles. The molecule has 28 heavy (non-hydrogen) atoms. The Kier molecular flexibility index (Phi) is 7.25. The Labute approximate surface area is 176 Å². The van der Waals surface area contributed by atoms with Gasteiger partial charge in [0.05, 0.1) is 11.4 Å². The number of hydrogen-bond donors (Lipinski definition) is 3. The smallest absolute Gasteiger partial charge is 0.251 e. The van der Waals surface area contributed by atoms with Gasteiger partial charge in [0.15, 0.2) is 0 Å². The van der Waals surface area contributed by atoms with E-state index in [1.54, 1.807) is 6.07 Å². The third kappa shape index (κ3) is 4.74. The summed E-state index contributed by atoms with van der Waals surface area (Å²) in [7, 11) is 0. The second kappa shape index (κ2) is 9.07. The molecule has 2 aromatic heterocycles. The molecule has 1 saturated carbocycles. The number of aromatic amines is 1. The van der Waals surface area contributed by atoms with Crippen molar-refractivity contribution in [1.82, 2.24) is 19.9 Å². The summed E-state index contributed by atoms with van der Waals surface area (Å²) in [5.41, 5.74) is 13.6. The van der Waals surface area contributed by atoms with Gasteiger partial charge in [-0.15, -0.1) is 24.8 Å². The monoisotopic (exact) mass is 427 g/mol. The lowest BCUT2D eigenvalue weighted by Gasteiger charge is -2.35. The molecule has 4 rings (SSSR count). The highest BCUT2D eigenvalue weighted by Gasteiger charge is 2.30. The van der Waals surface area contributed by atoms with Gasteiger partial charge in [-0.05, 0) is 32.6 Å². The molecule has 3 heterocycles. The summed E-state index contributed by atoms with van der Waals surface area (Å²) >= 11 is 0. The maximum Gasteiger partial charge on any atom is 0.251 e. The number of piperidine rings is 1. The largest absolute Gasteiger partial charge is 0.368 e. The Balaban J connectivity index is 0.00000140. The zero-order chi connectivity index (χ0) is 18.3. The summed E-state index contributed by atoms with van der Waals surface area (Å²) in [4.78, 5) is 30.0. The third-order valence-electron chi connectivity index (χ3n) is 5.46. The van der Waals surface area contributed by atoms with Crippen molar-refractivity contribution in [2.75, 3.05) is 23.7 Å². The normalized spacial score (nSPS) is 22.0. The van der Waals surface area contributed by atoms with Crippen LogP contribution in [0.25, 0.3) is 0 Å². The first kappa shape index (κ1) is 22.4. The van der Waals surface area contributed by atoms with Crippen LogP contribution in [-0.2, 0) is 0 Å². The van der Waals surface area contributed by atoms with Gasteiger partial charge in [-0.25, -0.2) is 9.97 Å². The summed E-state index contributed by atoms with van der Waals surface area (Å²) in [6.45, 7) is 3.54. The first-order chi connectivity index (χ1) is 12.5. The van der Waals surface area contributed by atoms with Crippen LogP contribution in [0.1, 0.15) is 54.7 Å². The first-order valence-corrected chi connectivity index (χ1v) is 9.21. The molecule has 1 saturated heterocycles. The number of nitrogens with zero attached hydrogens (tertiary/aromatic N) is 4. The van der Waals surface area contributed by atoms with E-state index in [9.17, 15) is 4.79 Å². The second-order valence-electron chi connectivity index (χ2n) is 7.45. The number of nitrogens with one attached hydrogen (secondary N) is 1. The Morgan fingerprint density at radius 1 is 1.04 bits per heavy atom. The van der Waals surface area contributed by atoms with Crippen molar-refractivity contribution in [3.8, 4) is 0 Å². The summed E-state index contributed by atoms with van der Waals surface area (Å²) < 4.78 is 0. The lowest BCUT2D eigenvalue weighted by Crippen LogP contribution is -2.36. The van der Waals surface area contributed by atoms with Gasteiger partial charge in [0.25, 0.3) is 5.56 Å². The molecule has 0 radical (unpaired) electrons. The molecule has 1 aliphatic carbocycles. The number of hydrogen-bond acceptors (Lipinski definition) is 7. The fourth-order valence-corrected chi connectivity index (χ4v) is 3.96. The van der Waals surface area contributed by atoms with Crippen LogP contribution >= 0.6 is 24.8 Å². The van der Waals surface area contributed by atoms with Gasteiger partial charge in [0.1, 0.15) is 11.6 Å². The average molecular weight is 428 g/mol. The summed E-state index contributed by atoms with van der Waals surface area (Å²) in [5, 5.41) is 0. The SMILES string of the molecule is Cc1nc(C2CCN(c3cc(C4CC(N)C4)nc(N)n3)CC2)cc(=O)[nH]1.Cl.Cl. The number of halogens is 2. The number of H-pyrrole nitrogens is 1. The van der Waals surface area contributed by atoms with Crippen molar-refractivity contribution in [2.45, 2.75) is 50.5 Å². The van der Waals surface area contributed by atoms with Crippen molar-refractivity contribution in [1.29, 1.82) is 0 Å². The molecule has 2 aliphatic rings. The Morgan fingerprint density at radius 2 is 1.68 bits per heavy atom. The zero-order valence-corrected chi connectivity index (χ0v) is 17.4. The van der Waals surface area contributed by atoms with Crippen LogP contribution in [0.4, 0.5) is 11.8 Å². The van der Waals surface area contributed by atoms with Gasteiger partial charge in [-0.3, -0.25) is 4.79 Å². The van der Waals surface area contributed by atoms with Crippen LogP contribution < -0.4 is 21.9 Å². The van der Waals surface area contributed by atoms with Crippen molar-refractivity contribution in [2.24, 2.45) is 5.73 Å². The van der Waals surface area contributed by atoms with Gasteiger partial charge in [-0.2, -0.15) is 4.98 Å². The van der Waals surface area contributed by atoms with Crippen LogP contribution in [0.5, 0.6) is 0 Å². The van der Waals surface area contributed by atoms with Crippen LogP contribution in [0.15, 0.2) is 16.9 Å². The van der Waals surface area contributed by atoms with E-state index in [2.05, 4.69) is 30.9 Å². The van der Waals surface area contributed by atoms with Crippen LogP contribution in [-0.4, -0.2) is 39.1 Å². The molecule has 154 valence electrons. The van der Waals surface area contributed by atoms with E-state index >= 15 is 0 Å². The lowest BCUT2D eigenvalue weighted by atomic mass is 9.78. The molecule has 0 bridgehead atoms. The molecular formula is C18H27Cl2N7O. The topological polar surface area (TPSA) is 127 Å². The number of rotatable bonds is 3. The minimum absolute atomic E-state index is 0. The van der Waals surface area contributed by atoms with Gasteiger partial charge in [-0.1, -0.05) is 0 Å². The van der Waals surface area contributed by atoms with E-state index in [0.29, 0.717) is 23.6 Å². The average Bonchev–Trinajstić information content (AvgIpc) is 2.58. The molecule has 0 amide bonds. The molecule has 2 fully saturated rings. The molecule has 0 atom stereocenters. The zero-order valence-electron chi connectivity index (χ0n) is 15.8. The predicted octanol–water partition coefficient (Wildman–Crippen LogP) is 1.88. The van der Waals surface area contributed by atoms with Crippen molar-refractivity contribution in [3.05, 3.63) is 39.7 Å². The molecule has 8 nitrogen and oxygen atoms in total. The highest BCUT2D eigenvalue weighted by Crippen LogP contribution is 2.36. The van der Waals surface area contributed by atoms with Gasteiger partial charge in [0.2, 0.25) is 5.95 Å². The molecular weight excluding hydrogens is 401 g/mol. The maximum atomic E-state index is 11.7. The first-order valence-electron chi connectivity index (χ1n) is 9.21. The molecule has 0 aromatic carbocycles. The highest BCUT2D eigenvalue weighted by molar-refractivity contribution is 5.85. The van der Waals surface area contributed by atoms with Crippen molar-refractivity contribution in [3.63, 3.8) is 0 Å². The number of aryl methyl sites for hydroxylation is 1. The fourth-order valence-electron chi connectivity index (χ4n) is 3.96. The van der Waals surface area contributed by atoms with Crippen LogP contribution in [0.2, 0.25) is 0 Å². The summed E-state index contributed by atoms with van der Waals surface area (Å²) in [6.07, 6.45) is 3.80. The highest BCUT2D eigenvalue weighted by atomic mass is 35.5. The minimum atomic E-state index is -0.0816. The Morgan fingerprint density at radius 3 is 2.29 bits per heavy atom. The van der Waals surface area contributed by atoms with Gasteiger partial charge < -0.3 is 21.4 Å². The number of nitrogens with two attached hydrogens (primary N) is 2. The van der Waals surface area contributed by atoms with Crippen LogP contribution in [0.3, 0.4) is 0 Å². The maximum absolute atomic E-state index is 11.7. The minimum Gasteiger partial charge on any atom is -0.368 e. The Bertz CT molecular complexity index is 861. The van der Waals surface area contributed by atoms with Gasteiger partial charge >= 0.3 is 0 Å². The summed E-state index contributed by atoms with van der Waals surface area (Å²) in [5.74, 6) is 2.58. The number of nitrogen functional groups attached to an aromatic ring is 1. The number of aromatic nitrogens is 4. The predicted molar refractivity (Wildman–Crippen MR) is 115 cm³/mol. The van der Waals surface area contributed by atoms with E-state index < -0.39 is 0 Å². The standard InChI is InChI=1S/C18H25N7O.2ClH/c1-10-21-15(9-17(26)22-10)11-2-4-25(5-3-11)16-8-14(23-18(20)24-16)12-6-13(19)7-12;;/h8-9,11-13H,2-7,19H2,1H3,(H2,20,23,24)(H,21,22,26);2*1H. The van der Waals surface area contributed by atoms with E-state index in [4.69, 9.17) is 11.5 Å². The van der Waals surface area contributed by atoms with E-state index in [1.807, 2.05) is 6.92 Å².